The molecule has 0 unspecified atom stereocenters. The van der Waals surface area contributed by atoms with E-state index in [0.29, 0.717) is 23.0 Å². The van der Waals surface area contributed by atoms with Crippen molar-refractivity contribution in [3.05, 3.63) is 53.7 Å². The van der Waals surface area contributed by atoms with Gasteiger partial charge < -0.3 is 18.7 Å². The van der Waals surface area contributed by atoms with Crippen molar-refractivity contribution in [2.24, 2.45) is 9.98 Å². The van der Waals surface area contributed by atoms with Crippen molar-refractivity contribution < 1.29 is 32.3 Å². The summed E-state index contributed by atoms with van der Waals surface area (Å²) in [4.78, 5) is 24.5. The second-order valence-electron chi connectivity index (χ2n) is 6.76. The number of nitrogens with zero attached hydrogens (tertiary/aromatic N) is 4. The van der Waals surface area contributed by atoms with Gasteiger partial charge in [-0.3, -0.25) is 0 Å². The molecular weight excluding hydrogens is 482 g/mol. The van der Waals surface area contributed by atoms with E-state index in [9.17, 15) is 9.18 Å². The van der Waals surface area contributed by atoms with Crippen LogP contribution in [0.15, 0.2) is 50.9 Å². The third-order valence-corrected chi connectivity index (χ3v) is 5.17. The number of carbonyl (C=O) groups is 1. The molecule has 9 nitrogen and oxygen atoms in total. The fourth-order valence-electron chi connectivity index (χ4n) is 2.89. The standard InChI is InChI=1S/C23H22F2N4O5S/c1-13-26-21(29-34-13)14-5-7-15(8-6-14)27-20(22(35-4)28-23(30)32-3)17-11-16(31-2)12-18(19(17)25)33-10-9-24/h5-8,11-12H,9-10H2,1-4H3/b27-20?,28-22-. The number of halogens is 2. The molecule has 3 aromatic rings. The van der Waals surface area contributed by atoms with Gasteiger partial charge in [0.15, 0.2) is 11.6 Å². The molecule has 0 N–H and O–H groups in total. The molecule has 0 aliphatic heterocycles. The first kappa shape index (κ1) is 25.8. The molecule has 3 rings (SSSR count). The van der Waals surface area contributed by atoms with Crippen LogP contribution in [-0.4, -0.2) is 60.7 Å². The summed E-state index contributed by atoms with van der Waals surface area (Å²) in [6.45, 7) is 0.526. The molecule has 0 atom stereocenters. The Hall–Kier alpha value is -3.80. The van der Waals surface area contributed by atoms with Crippen LogP contribution in [0.2, 0.25) is 0 Å². The third kappa shape index (κ3) is 6.41. The highest BCUT2D eigenvalue weighted by Crippen LogP contribution is 2.31. The molecule has 184 valence electrons. The molecule has 1 aromatic heterocycles. The fourth-order valence-corrected chi connectivity index (χ4v) is 3.41. The Morgan fingerprint density at radius 2 is 1.94 bits per heavy atom. The molecule has 0 fully saturated rings. The zero-order chi connectivity index (χ0) is 25.4. The summed E-state index contributed by atoms with van der Waals surface area (Å²) in [5.74, 6) is 0.0231. The van der Waals surface area contributed by atoms with Gasteiger partial charge in [-0.05, 0) is 36.6 Å². The van der Waals surface area contributed by atoms with Gasteiger partial charge in [-0.2, -0.15) is 9.98 Å². The van der Waals surface area contributed by atoms with Gasteiger partial charge in [-0.1, -0.05) is 5.16 Å². The molecule has 12 heteroatoms. The molecule has 0 bridgehead atoms. The highest BCUT2D eigenvalue weighted by molar-refractivity contribution is 8.15. The number of hydrogen-bond acceptors (Lipinski definition) is 9. The largest absolute Gasteiger partial charge is 0.497 e. The number of hydrogen-bond donors (Lipinski definition) is 0. The molecule has 0 saturated carbocycles. The van der Waals surface area contributed by atoms with Crippen LogP contribution in [0.1, 0.15) is 11.5 Å². The number of amides is 1. The van der Waals surface area contributed by atoms with E-state index in [1.54, 1.807) is 37.4 Å². The maximum absolute atomic E-state index is 15.5. The molecule has 0 radical (unpaired) electrons. The number of carbonyl (C=O) groups excluding carboxylic acids is 1. The highest BCUT2D eigenvalue weighted by Gasteiger charge is 2.22. The minimum atomic E-state index is -0.887. The first-order chi connectivity index (χ1) is 16.9. The normalized spacial score (nSPS) is 11.9. The summed E-state index contributed by atoms with van der Waals surface area (Å²) in [6.07, 6.45) is 0.763. The van der Waals surface area contributed by atoms with Crippen LogP contribution in [0.4, 0.5) is 19.3 Å². The van der Waals surface area contributed by atoms with E-state index in [4.69, 9.17) is 14.0 Å². The lowest BCUT2D eigenvalue weighted by Crippen LogP contribution is -2.17. The van der Waals surface area contributed by atoms with E-state index in [-0.39, 0.29) is 34.4 Å². The molecule has 0 spiro atoms. The van der Waals surface area contributed by atoms with Gasteiger partial charge in [0.05, 0.1) is 19.9 Å². The summed E-state index contributed by atoms with van der Waals surface area (Å²) in [6, 6.07) is 9.44. The van der Waals surface area contributed by atoms with Crippen molar-refractivity contribution >= 4 is 34.3 Å². The average molecular weight is 505 g/mol. The predicted octanol–water partition coefficient (Wildman–Crippen LogP) is 5.19. The number of aryl methyl sites for hydroxylation is 1. The van der Waals surface area contributed by atoms with E-state index in [0.717, 1.165) is 11.8 Å². The summed E-state index contributed by atoms with van der Waals surface area (Å²) < 4.78 is 48.2. The predicted molar refractivity (Wildman–Crippen MR) is 128 cm³/mol. The Morgan fingerprint density at radius 1 is 1.20 bits per heavy atom. The van der Waals surface area contributed by atoms with Gasteiger partial charge in [0.1, 0.15) is 29.8 Å². The Morgan fingerprint density at radius 3 is 2.51 bits per heavy atom. The Bertz CT molecular complexity index is 1250. The van der Waals surface area contributed by atoms with Crippen molar-refractivity contribution in [1.82, 2.24) is 10.1 Å². The first-order valence-electron chi connectivity index (χ1n) is 10.2. The topological polar surface area (TPSA) is 108 Å². The SMILES string of the molecule is COC(=O)/N=C(\SC)C(=Nc1ccc(-c2noc(C)n2)cc1)c1cc(OC)cc(OCCF)c1F. The Balaban J connectivity index is 2.16. The van der Waals surface area contributed by atoms with Crippen molar-refractivity contribution in [3.8, 4) is 22.9 Å². The van der Waals surface area contributed by atoms with Gasteiger partial charge >= 0.3 is 6.09 Å². The van der Waals surface area contributed by atoms with Gasteiger partial charge in [0, 0.05) is 24.1 Å². The minimum absolute atomic E-state index is 0.0209. The van der Waals surface area contributed by atoms with Gasteiger partial charge in [0.2, 0.25) is 11.7 Å². The van der Waals surface area contributed by atoms with E-state index < -0.39 is 18.6 Å². The lowest BCUT2D eigenvalue weighted by molar-refractivity contribution is 0.183. The van der Waals surface area contributed by atoms with Gasteiger partial charge in [-0.25, -0.2) is 18.6 Å². The van der Waals surface area contributed by atoms with E-state index in [1.165, 1.54) is 26.4 Å². The van der Waals surface area contributed by atoms with Crippen LogP contribution in [-0.2, 0) is 4.74 Å². The van der Waals surface area contributed by atoms with Crippen LogP contribution in [0.25, 0.3) is 11.4 Å². The van der Waals surface area contributed by atoms with E-state index >= 15 is 4.39 Å². The van der Waals surface area contributed by atoms with Crippen LogP contribution in [0.5, 0.6) is 11.5 Å². The third-order valence-electron chi connectivity index (χ3n) is 4.50. The van der Waals surface area contributed by atoms with Crippen molar-refractivity contribution in [2.45, 2.75) is 6.92 Å². The summed E-state index contributed by atoms with van der Waals surface area (Å²) in [5, 5.41) is 3.95. The van der Waals surface area contributed by atoms with Gasteiger partial charge in [0.25, 0.3) is 0 Å². The molecular formula is C23H22F2N4O5S. The molecule has 2 aromatic carbocycles. The Kier molecular flexibility index (Phi) is 8.90. The molecule has 0 aliphatic carbocycles. The number of rotatable bonds is 8. The number of aromatic nitrogens is 2. The maximum atomic E-state index is 15.5. The number of alkyl halides is 1. The lowest BCUT2D eigenvalue weighted by atomic mass is 10.1. The van der Waals surface area contributed by atoms with Crippen molar-refractivity contribution in [1.29, 1.82) is 0 Å². The number of aliphatic imine (C=N–C) groups is 2. The van der Waals surface area contributed by atoms with Crippen molar-refractivity contribution in [2.75, 3.05) is 33.8 Å². The molecule has 1 heterocycles. The van der Waals surface area contributed by atoms with Gasteiger partial charge in [-0.15, -0.1) is 11.8 Å². The quantitative estimate of drug-likeness (QED) is 0.305. The first-order valence-corrected chi connectivity index (χ1v) is 11.4. The van der Waals surface area contributed by atoms with Crippen LogP contribution < -0.4 is 9.47 Å². The summed E-state index contributed by atoms with van der Waals surface area (Å²) >= 11 is 1.06. The fraction of sp³-hybridized carbons (Fsp3) is 0.261. The minimum Gasteiger partial charge on any atom is -0.497 e. The highest BCUT2D eigenvalue weighted by atomic mass is 32.2. The van der Waals surface area contributed by atoms with Crippen molar-refractivity contribution in [3.63, 3.8) is 0 Å². The average Bonchev–Trinajstić information content (AvgIpc) is 3.32. The summed E-state index contributed by atoms with van der Waals surface area (Å²) in [7, 11) is 2.57. The second-order valence-corrected chi connectivity index (χ2v) is 7.55. The second kappa shape index (κ2) is 12.1. The molecule has 35 heavy (non-hydrogen) atoms. The smallest absolute Gasteiger partial charge is 0.434 e. The lowest BCUT2D eigenvalue weighted by Gasteiger charge is -2.14. The zero-order valence-electron chi connectivity index (χ0n) is 19.4. The van der Waals surface area contributed by atoms with E-state index in [2.05, 4.69) is 24.9 Å². The summed E-state index contributed by atoms with van der Waals surface area (Å²) in [5.41, 5.74) is 1.06. The molecule has 1 amide bonds. The number of benzene rings is 2. The van der Waals surface area contributed by atoms with Crippen LogP contribution in [0.3, 0.4) is 0 Å². The van der Waals surface area contributed by atoms with Crippen LogP contribution >= 0.6 is 11.8 Å². The molecule has 0 saturated heterocycles. The van der Waals surface area contributed by atoms with E-state index in [1.807, 2.05) is 0 Å². The monoisotopic (exact) mass is 504 g/mol. The number of thioether (sulfide) groups is 1. The number of methoxy groups -OCH3 is 2. The molecule has 0 aliphatic rings. The number of ether oxygens (including phenoxy) is 3. The van der Waals surface area contributed by atoms with Crippen LogP contribution in [0, 0.1) is 12.7 Å². The Labute approximate surface area is 204 Å². The maximum Gasteiger partial charge on any atom is 0.434 e. The zero-order valence-corrected chi connectivity index (χ0v) is 20.2.